The summed E-state index contributed by atoms with van der Waals surface area (Å²) in [6.07, 6.45) is 3.17. The van der Waals surface area contributed by atoms with Gasteiger partial charge in [0.05, 0.1) is 11.1 Å². The summed E-state index contributed by atoms with van der Waals surface area (Å²) in [5.41, 5.74) is 1.95. The number of fused-ring (bicyclic) bond motifs is 5. The van der Waals surface area contributed by atoms with Crippen LogP contribution in [-0.4, -0.2) is 19.2 Å². The molecule has 0 N–H and O–H groups in total. The predicted octanol–water partition coefficient (Wildman–Crippen LogP) is 4.18. The molecule has 0 saturated heterocycles. The van der Waals surface area contributed by atoms with Gasteiger partial charge in [0.1, 0.15) is 10.7 Å². The van der Waals surface area contributed by atoms with Gasteiger partial charge in [-0.2, -0.15) is 0 Å². The summed E-state index contributed by atoms with van der Waals surface area (Å²) in [6.45, 7) is 4.18. The Hall–Kier alpha value is -2.18. The smallest absolute Gasteiger partial charge is 0.268 e. The molecule has 0 unspecified atom stereocenters. The normalized spacial score (nSPS) is 17.1. The Kier molecular flexibility index (Phi) is 3.49. The lowest BCUT2D eigenvalue weighted by Gasteiger charge is -2.18. The SMILES string of the molecule is Cc1nnc2n(-c3ccc(Cl)cc3)c(=O)c3c4c(sc3n12)CC[C@H](C)C4. The predicted molar refractivity (Wildman–Crippen MR) is 105 cm³/mol. The van der Waals surface area contributed by atoms with Gasteiger partial charge in [-0.25, -0.2) is 4.57 Å². The van der Waals surface area contributed by atoms with Crippen LogP contribution >= 0.6 is 22.9 Å². The van der Waals surface area contributed by atoms with Crippen molar-refractivity contribution in [2.45, 2.75) is 33.1 Å². The molecule has 0 amide bonds. The van der Waals surface area contributed by atoms with Crippen LogP contribution in [0.3, 0.4) is 0 Å². The minimum atomic E-state index is -0.0196. The van der Waals surface area contributed by atoms with Gasteiger partial charge < -0.3 is 0 Å². The van der Waals surface area contributed by atoms with Gasteiger partial charge in [-0.15, -0.1) is 21.5 Å². The third-order valence-electron chi connectivity index (χ3n) is 5.20. The van der Waals surface area contributed by atoms with Gasteiger partial charge in [-0.3, -0.25) is 9.20 Å². The molecule has 1 aliphatic carbocycles. The van der Waals surface area contributed by atoms with Crippen LogP contribution in [0.15, 0.2) is 29.1 Å². The third kappa shape index (κ3) is 2.18. The Morgan fingerprint density at radius 3 is 2.77 bits per heavy atom. The Labute approximate surface area is 158 Å². The van der Waals surface area contributed by atoms with Crippen LogP contribution < -0.4 is 5.56 Å². The minimum Gasteiger partial charge on any atom is -0.268 e. The summed E-state index contributed by atoms with van der Waals surface area (Å²) >= 11 is 7.75. The quantitative estimate of drug-likeness (QED) is 0.494. The number of rotatable bonds is 1. The summed E-state index contributed by atoms with van der Waals surface area (Å²) < 4.78 is 3.67. The maximum Gasteiger partial charge on any atom is 0.268 e. The van der Waals surface area contributed by atoms with E-state index in [2.05, 4.69) is 17.1 Å². The molecule has 1 aliphatic rings. The van der Waals surface area contributed by atoms with Gasteiger partial charge >= 0.3 is 0 Å². The fourth-order valence-corrected chi connectivity index (χ4v) is 5.39. The van der Waals surface area contributed by atoms with Crippen LogP contribution in [0.4, 0.5) is 0 Å². The Balaban J connectivity index is 1.96. The van der Waals surface area contributed by atoms with Crippen molar-refractivity contribution in [1.29, 1.82) is 0 Å². The molecule has 3 aromatic heterocycles. The molecule has 5 rings (SSSR count). The van der Waals surface area contributed by atoms with Crippen molar-refractivity contribution in [3.05, 3.63) is 55.9 Å². The van der Waals surface area contributed by atoms with Crippen LogP contribution in [0.1, 0.15) is 29.6 Å². The van der Waals surface area contributed by atoms with E-state index in [1.54, 1.807) is 28.0 Å². The van der Waals surface area contributed by atoms with Crippen molar-refractivity contribution < 1.29 is 0 Å². The van der Waals surface area contributed by atoms with E-state index in [-0.39, 0.29) is 5.56 Å². The van der Waals surface area contributed by atoms with Crippen molar-refractivity contribution in [1.82, 2.24) is 19.2 Å². The molecule has 1 atom stereocenters. The highest BCUT2D eigenvalue weighted by Crippen LogP contribution is 2.37. The monoisotopic (exact) mass is 384 g/mol. The molecule has 0 bridgehead atoms. The third-order valence-corrected chi connectivity index (χ3v) is 6.73. The lowest BCUT2D eigenvalue weighted by molar-refractivity contribution is 0.508. The molecule has 5 nitrogen and oxygen atoms in total. The van der Waals surface area contributed by atoms with E-state index in [4.69, 9.17) is 11.6 Å². The topological polar surface area (TPSA) is 52.2 Å². The van der Waals surface area contributed by atoms with Gasteiger partial charge in [-0.1, -0.05) is 18.5 Å². The number of aromatic nitrogens is 4. The summed E-state index contributed by atoms with van der Waals surface area (Å²) in [4.78, 5) is 15.8. The molecule has 0 radical (unpaired) electrons. The Morgan fingerprint density at radius 1 is 1.23 bits per heavy atom. The maximum atomic E-state index is 13.5. The molecule has 132 valence electrons. The van der Waals surface area contributed by atoms with Crippen molar-refractivity contribution in [3.63, 3.8) is 0 Å². The fourth-order valence-electron chi connectivity index (χ4n) is 3.88. The number of benzene rings is 1. The van der Waals surface area contributed by atoms with E-state index in [1.807, 2.05) is 23.5 Å². The van der Waals surface area contributed by atoms with Gasteiger partial charge in [-0.05, 0) is 61.9 Å². The first-order valence-corrected chi connectivity index (χ1v) is 9.91. The molecule has 0 saturated carbocycles. The summed E-state index contributed by atoms with van der Waals surface area (Å²) in [7, 11) is 0. The highest BCUT2D eigenvalue weighted by molar-refractivity contribution is 7.18. The average molecular weight is 385 g/mol. The molecule has 1 aromatic carbocycles. The van der Waals surface area contributed by atoms with Crippen LogP contribution in [0.2, 0.25) is 5.02 Å². The maximum absolute atomic E-state index is 13.5. The molecule has 0 spiro atoms. The first-order valence-electron chi connectivity index (χ1n) is 8.71. The molecule has 3 heterocycles. The Bertz CT molecular complexity index is 1220. The fraction of sp³-hybridized carbons (Fsp3) is 0.316. The summed E-state index contributed by atoms with van der Waals surface area (Å²) in [6, 6.07) is 7.28. The van der Waals surface area contributed by atoms with E-state index in [1.165, 1.54) is 16.9 Å². The van der Waals surface area contributed by atoms with Crippen molar-refractivity contribution in [2.75, 3.05) is 0 Å². The summed E-state index contributed by atoms with van der Waals surface area (Å²) in [5.74, 6) is 1.94. The van der Waals surface area contributed by atoms with Crippen LogP contribution in [-0.2, 0) is 12.8 Å². The second-order valence-electron chi connectivity index (χ2n) is 7.03. The lowest BCUT2D eigenvalue weighted by atomic mass is 9.89. The Morgan fingerprint density at radius 2 is 2.00 bits per heavy atom. The molecule has 4 aromatic rings. The number of nitrogens with zero attached hydrogens (tertiary/aromatic N) is 4. The van der Waals surface area contributed by atoms with E-state index in [0.29, 0.717) is 16.7 Å². The molecule has 7 heteroatoms. The van der Waals surface area contributed by atoms with E-state index >= 15 is 0 Å². The van der Waals surface area contributed by atoms with Crippen molar-refractivity contribution in [3.8, 4) is 5.69 Å². The van der Waals surface area contributed by atoms with Crippen molar-refractivity contribution in [2.24, 2.45) is 5.92 Å². The van der Waals surface area contributed by atoms with Gasteiger partial charge in [0, 0.05) is 9.90 Å². The number of aryl methyl sites for hydroxylation is 2. The zero-order chi connectivity index (χ0) is 18.0. The van der Waals surface area contributed by atoms with Crippen LogP contribution in [0.25, 0.3) is 21.7 Å². The van der Waals surface area contributed by atoms with E-state index in [0.717, 1.165) is 34.6 Å². The number of hydrogen-bond donors (Lipinski definition) is 0. The number of thiophene rings is 1. The highest BCUT2D eigenvalue weighted by Gasteiger charge is 2.26. The summed E-state index contributed by atoms with van der Waals surface area (Å²) in [5, 5.41) is 10.0. The standard InChI is InChI=1S/C19H17ClN4OS/c1-10-3-8-15-14(9-10)16-17(25)24(13-6-4-12(20)5-7-13)19-22-21-11(2)23(19)18(16)26-15/h4-7,10H,3,8-9H2,1-2H3/t10-/m0/s1. The first-order chi connectivity index (χ1) is 12.5. The minimum absolute atomic E-state index is 0.0196. The van der Waals surface area contributed by atoms with Crippen LogP contribution in [0, 0.1) is 12.8 Å². The van der Waals surface area contributed by atoms with Gasteiger partial charge in [0.2, 0.25) is 5.78 Å². The first kappa shape index (κ1) is 16.0. The number of hydrogen-bond acceptors (Lipinski definition) is 4. The molecule has 26 heavy (non-hydrogen) atoms. The molecular weight excluding hydrogens is 368 g/mol. The molecule has 0 aliphatic heterocycles. The molecular formula is C19H17ClN4OS. The van der Waals surface area contributed by atoms with E-state index in [9.17, 15) is 4.79 Å². The van der Waals surface area contributed by atoms with Crippen LogP contribution in [0.5, 0.6) is 0 Å². The zero-order valence-corrected chi connectivity index (χ0v) is 16.1. The number of halogens is 1. The van der Waals surface area contributed by atoms with Gasteiger partial charge in [0.15, 0.2) is 0 Å². The second-order valence-corrected chi connectivity index (χ2v) is 8.55. The molecule has 0 fully saturated rings. The van der Waals surface area contributed by atoms with Crippen molar-refractivity contribution >= 4 is 38.9 Å². The van der Waals surface area contributed by atoms with E-state index < -0.39 is 0 Å². The lowest BCUT2D eigenvalue weighted by Crippen LogP contribution is -2.22. The average Bonchev–Trinajstić information content (AvgIpc) is 3.17. The zero-order valence-electron chi connectivity index (χ0n) is 14.5. The largest absolute Gasteiger partial charge is 0.268 e. The highest BCUT2D eigenvalue weighted by atomic mass is 35.5. The second kappa shape index (κ2) is 5.66. The van der Waals surface area contributed by atoms with Gasteiger partial charge in [0.25, 0.3) is 5.56 Å².